The van der Waals surface area contributed by atoms with Gasteiger partial charge in [-0.25, -0.2) is 0 Å². The van der Waals surface area contributed by atoms with Gasteiger partial charge in [0.1, 0.15) is 0 Å². The van der Waals surface area contributed by atoms with E-state index in [9.17, 15) is 14.7 Å². The zero-order chi connectivity index (χ0) is 24.4. The smallest absolute Gasteiger partial charge is 0.254 e. The van der Waals surface area contributed by atoms with Crippen LogP contribution in [0.2, 0.25) is 0 Å². The first-order chi connectivity index (χ1) is 17.0. The molecule has 3 aliphatic rings. The minimum absolute atomic E-state index is 0.0240. The Labute approximate surface area is 207 Å². The second kappa shape index (κ2) is 10.5. The first kappa shape index (κ1) is 24.0. The number of benzene rings is 2. The number of fused-ring (bicyclic) bond motifs is 2. The standard InChI is InChI=1S/C28H36N4O3/c1-21(33)31-14-12-29(13-15-31)17-22-6-7-27-24(16-22)9-11-32(28(27)35)20-26(34)19-30-10-8-23-4-2-3-5-25(23)18-30/h2-7,16,26,34H,8-15,17-20H2,1H3/t26-/m1/s1. The third kappa shape index (κ3) is 5.58. The Balaban J connectivity index is 1.14. The minimum Gasteiger partial charge on any atom is -0.390 e. The maximum absolute atomic E-state index is 13.2. The number of nitrogens with zero attached hydrogens (tertiary/aromatic N) is 4. The number of β-amino-alcohol motifs (C(OH)–C–C–N with tert-alkyl or cyclic N) is 1. The highest BCUT2D eigenvalue weighted by atomic mass is 16.3. The molecule has 2 aromatic carbocycles. The molecule has 7 nitrogen and oxygen atoms in total. The normalized spacial score (nSPS) is 19.9. The summed E-state index contributed by atoms with van der Waals surface area (Å²) in [5, 5.41) is 10.8. The molecule has 0 unspecified atom stereocenters. The van der Waals surface area contributed by atoms with Crippen molar-refractivity contribution in [2.45, 2.75) is 39.0 Å². The summed E-state index contributed by atoms with van der Waals surface area (Å²) in [5.74, 6) is 0.170. The van der Waals surface area contributed by atoms with Crippen LogP contribution in [0.3, 0.4) is 0 Å². The molecule has 7 heteroatoms. The van der Waals surface area contributed by atoms with E-state index in [1.54, 1.807) is 6.92 Å². The van der Waals surface area contributed by atoms with Crippen LogP contribution in [-0.4, -0.2) is 95.0 Å². The van der Waals surface area contributed by atoms with Crippen molar-refractivity contribution in [1.29, 1.82) is 0 Å². The summed E-state index contributed by atoms with van der Waals surface area (Å²) in [6.45, 7) is 9.19. The van der Waals surface area contributed by atoms with Crippen LogP contribution in [0.15, 0.2) is 42.5 Å². The van der Waals surface area contributed by atoms with E-state index in [2.05, 4.69) is 46.2 Å². The van der Waals surface area contributed by atoms with Crippen molar-refractivity contribution in [2.24, 2.45) is 0 Å². The Morgan fingerprint density at radius 1 is 0.886 bits per heavy atom. The lowest BCUT2D eigenvalue weighted by atomic mass is 9.96. The van der Waals surface area contributed by atoms with Gasteiger partial charge in [-0.05, 0) is 41.2 Å². The van der Waals surface area contributed by atoms with Crippen LogP contribution in [0.25, 0.3) is 0 Å². The van der Waals surface area contributed by atoms with Crippen LogP contribution in [0.1, 0.15) is 39.5 Å². The largest absolute Gasteiger partial charge is 0.390 e. The van der Waals surface area contributed by atoms with Crippen LogP contribution >= 0.6 is 0 Å². The quantitative estimate of drug-likeness (QED) is 0.688. The van der Waals surface area contributed by atoms with Gasteiger partial charge < -0.3 is 14.9 Å². The van der Waals surface area contributed by atoms with E-state index in [-0.39, 0.29) is 11.8 Å². The molecular formula is C28H36N4O3. The van der Waals surface area contributed by atoms with Gasteiger partial charge in [-0.15, -0.1) is 0 Å². The molecule has 1 fully saturated rings. The molecule has 0 spiro atoms. The molecule has 2 amide bonds. The van der Waals surface area contributed by atoms with Gasteiger partial charge in [-0.2, -0.15) is 0 Å². The van der Waals surface area contributed by atoms with Gasteiger partial charge in [-0.3, -0.25) is 19.4 Å². The fraction of sp³-hybridized carbons (Fsp3) is 0.500. The van der Waals surface area contributed by atoms with Gasteiger partial charge in [0.25, 0.3) is 5.91 Å². The SMILES string of the molecule is CC(=O)N1CCN(Cc2ccc3c(c2)CCN(C[C@H](O)CN2CCc4ccccc4C2)C3=O)CC1. The number of hydrogen-bond acceptors (Lipinski definition) is 5. The van der Waals surface area contributed by atoms with E-state index in [0.717, 1.165) is 69.8 Å². The van der Waals surface area contributed by atoms with Gasteiger partial charge in [0.05, 0.1) is 6.10 Å². The molecule has 1 atom stereocenters. The van der Waals surface area contributed by atoms with E-state index in [0.29, 0.717) is 19.6 Å². The van der Waals surface area contributed by atoms with Crippen molar-refractivity contribution >= 4 is 11.8 Å². The fourth-order valence-electron chi connectivity index (χ4n) is 5.66. The topological polar surface area (TPSA) is 67.3 Å². The molecule has 1 saturated heterocycles. The van der Waals surface area contributed by atoms with Crippen molar-refractivity contribution in [2.75, 3.05) is 52.4 Å². The number of hydrogen-bond donors (Lipinski definition) is 1. The van der Waals surface area contributed by atoms with E-state index in [4.69, 9.17) is 0 Å². The number of carbonyl (C=O) groups is 2. The Kier molecular flexibility index (Phi) is 7.18. The second-order valence-electron chi connectivity index (χ2n) is 10.2. The highest BCUT2D eigenvalue weighted by molar-refractivity contribution is 5.96. The molecule has 5 rings (SSSR count). The predicted molar refractivity (Wildman–Crippen MR) is 135 cm³/mol. The molecule has 0 aromatic heterocycles. The average molecular weight is 477 g/mol. The third-order valence-corrected chi connectivity index (χ3v) is 7.67. The highest BCUT2D eigenvalue weighted by Gasteiger charge is 2.28. The van der Waals surface area contributed by atoms with Crippen LogP contribution < -0.4 is 0 Å². The average Bonchev–Trinajstić information content (AvgIpc) is 2.86. The Morgan fingerprint density at radius 3 is 2.40 bits per heavy atom. The summed E-state index contributed by atoms with van der Waals surface area (Å²) < 4.78 is 0. The van der Waals surface area contributed by atoms with Crippen molar-refractivity contribution < 1.29 is 14.7 Å². The van der Waals surface area contributed by atoms with E-state index in [1.807, 2.05) is 15.9 Å². The Hall–Kier alpha value is -2.74. The molecule has 3 heterocycles. The molecule has 35 heavy (non-hydrogen) atoms. The van der Waals surface area contributed by atoms with Gasteiger partial charge in [0, 0.05) is 77.9 Å². The first-order valence-corrected chi connectivity index (χ1v) is 12.8. The van der Waals surface area contributed by atoms with Gasteiger partial charge in [-0.1, -0.05) is 36.4 Å². The van der Waals surface area contributed by atoms with Crippen molar-refractivity contribution in [3.05, 3.63) is 70.3 Å². The molecule has 0 bridgehead atoms. The number of aliphatic hydroxyl groups is 1. The molecule has 186 valence electrons. The lowest BCUT2D eigenvalue weighted by Gasteiger charge is -2.35. The van der Waals surface area contributed by atoms with Gasteiger partial charge in [0.15, 0.2) is 0 Å². The maximum atomic E-state index is 13.2. The molecular weight excluding hydrogens is 440 g/mol. The Bertz CT molecular complexity index is 1080. The second-order valence-corrected chi connectivity index (χ2v) is 10.2. The maximum Gasteiger partial charge on any atom is 0.254 e. The summed E-state index contributed by atoms with van der Waals surface area (Å²) >= 11 is 0. The summed E-state index contributed by atoms with van der Waals surface area (Å²) in [4.78, 5) is 33.1. The highest BCUT2D eigenvalue weighted by Crippen LogP contribution is 2.23. The van der Waals surface area contributed by atoms with E-state index >= 15 is 0 Å². The molecule has 2 aromatic rings. The van der Waals surface area contributed by atoms with Crippen LogP contribution in [0, 0.1) is 0 Å². The van der Waals surface area contributed by atoms with Crippen molar-refractivity contribution in [1.82, 2.24) is 19.6 Å². The lowest BCUT2D eigenvalue weighted by molar-refractivity contribution is -0.130. The van der Waals surface area contributed by atoms with Crippen LogP contribution in [-0.2, 0) is 30.7 Å². The van der Waals surface area contributed by atoms with E-state index in [1.165, 1.54) is 16.7 Å². The third-order valence-electron chi connectivity index (χ3n) is 7.67. The predicted octanol–water partition coefficient (Wildman–Crippen LogP) is 1.77. The zero-order valence-electron chi connectivity index (χ0n) is 20.7. The molecule has 0 radical (unpaired) electrons. The number of amides is 2. The summed E-state index contributed by atoms with van der Waals surface area (Å²) in [6, 6.07) is 14.7. The van der Waals surface area contributed by atoms with Crippen LogP contribution in [0.4, 0.5) is 0 Å². The summed E-state index contributed by atoms with van der Waals surface area (Å²) in [6.07, 6.45) is 1.27. The molecule has 3 aliphatic heterocycles. The minimum atomic E-state index is -0.557. The molecule has 0 aliphatic carbocycles. The fourth-order valence-corrected chi connectivity index (χ4v) is 5.66. The van der Waals surface area contributed by atoms with Gasteiger partial charge in [0.2, 0.25) is 5.91 Å². The summed E-state index contributed by atoms with van der Waals surface area (Å²) in [5.41, 5.74) is 5.82. The van der Waals surface area contributed by atoms with Crippen LogP contribution in [0.5, 0.6) is 0 Å². The van der Waals surface area contributed by atoms with E-state index < -0.39 is 6.10 Å². The number of piperazine rings is 1. The first-order valence-electron chi connectivity index (χ1n) is 12.8. The zero-order valence-corrected chi connectivity index (χ0v) is 20.7. The van der Waals surface area contributed by atoms with Gasteiger partial charge >= 0.3 is 0 Å². The Morgan fingerprint density at radius 2 is 1.63 bits per heavy atom. The molecule has 1 N–H and O–H groups in total. The lowest BCUT2D eigenvalue weighted by Crippen LogP contribution is -2.47. The number of aliphatic hydroxyl groups excluding tert-OH is 1. The number of rotatable bonds is 6. The number of carbonyl (C=O) groups excluding carboxylic acids is 2. The molecule has 0 saturated carbocycles. The summed E-state index contributed by atoms with van der Waals surface area (Å²) in [7, 11) is 0. The van der Waals surface area contributed by atoms with Crippen molar-refractivity contribution in [3.8, 4) is 0 Å². The monoisotopic (exact) mass is 476 g/mol. The van der Waals surface area contributed by atoms with Crippen molar-refractivity contribution in [3.63, 3.8) is 0 Å².